The van der Waals surface area contributed by atoms with Crippen LogP contribution in [0.4, 0.5) is 0 Å². The largest absolute Gasteiger partial charge is 0.507 e. The van der Waals surface area contributed by atoms with E-state index in [1.165, 1.54) is 6.92 Å². The molecule has 18 heavy (non-hydrogen) atoms. The maximum atomic E-state index is 11.3. The quantitative estimate of drug-likeness (QED) is 0.612. The van der Waals surface area contributed by atoms with Crippen LogP contribution >= 0.6 is 0 Å². The minimum absolute atomic E-state index is 0.204. The van der Waals surface area contributed by atoms with Crippen molar-refractivity contribution in [2.24, 2.45) is 0 Å². The first-order valence-electron chi connectivity index (χ1n) is 6.09. The molecule has 1 aromatic carbocycles. The predicted octanol–water partition coefficient (Wildman–Crippen LogP) is 3.54. The number of hydrogen-bond acceptors (Lipinski definition) is 3. The van der Waals surface area contributed by atoms with Crippen molar-refractivity contribution in [2.75, 3.05) is 0 Å². The Kier molecular flexibility index (Phi) is 3.75. The minimum atomic E-state index is -0.340. The van der Waals surface area contributed by atoms with E-state index in [-0.39, 0.29) is 17.1 Å². The monoisotopic (exact) mass is 250 g/mol. The number of phenols is 1. The van der Waals surface area contributed by atoms with E-state index in [0.29, 0.717) is 5.75 Å². The van der Waals surface area contributed by atoms with Gasteiger partial charge in [-0.2, -0.15) is 0 Å². The molecule has 100 valence electrons. The van der Waals surface area contributed by atoms with Gasteiger partial charge in [0.2, 0.25) is 0 Å². The normalized spacial score (nSPS) is 11.5. The van der Waals surface area contributed by atoms with Crippen molar-refractivity contribution in [1.29, 1.82) is 0 Å². The third-order valence-corrected chi connectivity index (χ3v) is 3.21. The highest BCUT2D eigenvalue weighted by atomic mass is 16.5. The molecule has 0 saturated carbocycles. The molecule has 0 unspecified atom stereocenters. The van der Waals surface area contributed by atoms with Crippen molar-refractivity contribution in [3.8, 4) is 11.5 Å². The summed E-state index contributed by atoms with van der Waals surface area (Å²) in [6.07, 6.45) is 0. The van der Waals surface area contributed by atoms with Gasteiger partial charge in [0.25, 0.3) is 0 Å². The van der Waals surface area contributed by atoms with Crippen LogP contribution in [0, 0.1) is 20.8 Å². The number of phenolic OH excluding ortho intramolecular Hbond substituents is 1. The van der Waals surface area contributed by atoms with Crippen LogP contribution in [0.2, 0.25) is 0 Å². The number of ether oxygens (including phenoxy) is 1. The van der Waals surface area contributed by atoms with Crippen LogP contribution in [0.15, 0.2) is 0 Å². The highest BCUT2D eigenvalue weighted by molar-refractivity contribution is 5.72. The average Bonchev–Trinajstić information content (AvgIpc) is 2.20. The molecule has 1 N–H and O–H groups in total. The summed E-state index contributed by atoms with van der Waals surface area (Å²) in [6.45, 7) is 13.1. The lowest BCUT2D eigenvalue weighted by atomic mass is 9.81. The topological polar surface area (TPSA) is 46.5 Å². The number of hydrogen-bond donors (Lipinski definition) is 1. The molecule has 0 aliphatic rings. The zero-order valence-electron chi connectivity index (χ0n) is 12.3. The van der Waals surface area contributed by atoms with Gasteiger partial charge in [0.05, 0.1) is 0 Å². The van der Waals surface area contributed by atoms with E-state index in [4.69, 9.17) is 4.74 Å². The number of aromatic hydroxyl groups is 1. The van der Waals surface area contributed by atoms with Crippen molar-refractivity contribution in [1.82, 2.24) is 0 Å². The van der Waals surface area contributed by atoms with Gasteiger partial charge in [-0.05, 0) is 42.9 Å². The van der Waals surface area contributed by atoms with Gasteiger partial charge >= 0.3 is 5.97 Å². The summed E-state index contributed by atoms with van der Waals surface area (Å²) < 4.78 is 5.37. The molecule has 0 radical (unpaired) electrons. The molecule has 0 spiro atoms. The molecule has 0 bridgehead atoms. The second kappa shape index (κ2) is 4.63. The molecule has 0 atom stereocenters. The van der Waals surface area contributed by atoms with Crippen LogP contribution < -0.4 is 4.74 Å². The van der Waals surface area contributed by atoms with E-state index in [0.717, 1.165) is 22.3 Å². The van der Waals surface area contributed by atoms with Gasteiger partial charge in [0.1, 0.15) is 11.5 Å². The van der Waals surface area contributed by atoms with E-state index in [9.17, 15) is 9.90 Å². The average molecular weight is 250 g/mol. The fraction of sp³-hybridized carbons (Fsp3) is 0.533. The third-order valence-electron chi connectivity index (χ3n) is 3.21. The molecule has 0 aromatic heterocycles. The van der Waals surface area contributed by atoms with Gasteiger partial charge in [-0.15, -0.1) is 0 Å². The summed E-state index contributed by atoms with van der Waals surface area (Å²) in [6, 6.07) is 0. The second-order valence-corrected chi connectivity index (χ2v) is 5.77. The summed E-state index contributed by atoms with van der Waals surface area (Å²) in [4.78, 5) is 11.3. The Balaban J connectivity index is 3.70. The maximum absolute atomic E-state index is 11.3. The van der Waals surface area contributed by atoms with Crippen molar-refractivity contribution in [3.63, 3.8) is 0 Å². The highest BCUT2D eigenvalue weighted by Crippen LogP contribution is 2.43. The Morgan fingerprint density at radius 1 is 1.06 bits per heavy atom. The SMILES string of the molecule is CC(=O)Oc1c(C)c(C)c(O)c(C)c1C(C)(C)C. The molecule has 3 nitrogen and oxygen atoms in total. The van der Waals surface area contributed by atoms with Gasteiger partial charge in [-0.1, -0.05) is 20.8 Å². The van der Waals surface area contributed by atoms with E-state index in [2.05, 4.69) is 0 Å². The Bertz CT molecular complexity index is 494. The lowest BCUT2D eigenvalue weighted by molar-refractivity contribution is -0.132. The Labute approximate surface area is 109 Å². The lowest BCUT2D eigenvalue weighted by Crippen LogP contribution is -2.18. The molecular weight excluding hydrogens is 228 g/mol. The van der Waals surface area contributed by atoms with Gasteiger partial charge in [0.15, 0.2) is 0 Å². The van der Waals surface area contributed by atoms with Crippen molar-refractivity contribution >= 4 is 5.97 Å². The molecule has 0 saturated heterocycles. The third kappa shape index (κ3) is 2.50. The molecule has 3 heteroatoms. The first-order chi connectivity index (χ1) is 8.07. The second-order valence-electron chi connectivity index (χ2n) is 5.77. The Morgan fingerprint density at radius 3 is 1.94 bits per heavy atom. The van der Waals surface area contributed by atoms with E-state index >= 15 is 0 Å². The number of esters is 1. The van der Waals surface area contributed by atoms with E-state index in [1.807, 2.05) is 41.5 Å². The molecule has 1 rings (SSSR count). The lowest BCUT2D eigenvalue weighted by Gasteiger charge is -2.27. The zero-order valence-corrected chi connectivity index (χ0v) is 12.3. The van der Waals surface area contributed by atoms with Gasteiger partial charge in [0, 0.05) is 12.5 Å². The molecule has 0 aliphatic heterocycles. The van der Waals surface area contributed by atoms with Crippen molar-refractivity contribution in [3.05, 3.63) is 22.3 Å². The Hall–Kier alpha value is -1.51. The fourth-order valence-corrected chi connectivity index (χ4v) is 2.28. The fourth-order valence-electron chi connectivity index (χ4n) is 2.28. The Morgan fingerprint density at radius 2 is 1.56 bits per heavy atom. The van der Waals surface area contributed by atoms with Gasteiger partial charge in [-0.25, -0.2) is 0 Å². The number of carbonyl (C=O) groups excluding carboxylic acids is 1. The van der Waals surface area contributed by atoms with Crippen LogP contribution in [-0.2, 0) is 10.2 Å². The van der Waals surface area contributed by atoms with Gasteiger partial charge in [-0.3, -0.25) is 4.79 Å². The minimum Gasteiger partial charge on any atom is -0.507 e. The molecule has 0 fully saturated rings. The molecule has 0 amide bonds. The predicted molar refractivity (Wildman–Crippen MR) is 72.3 cm³/mol. The van der Waals surface area contributed by atoms with Crippen molar-refractivity contribution in [2.45, 2.75) is 53.9 Å². The van der Waals surface area contributed by atoms with Crippen LogP contribution in [0.3, 0.4) is 0 Å². The molecule has 1 aromatic rings. The molecular formula is C15H22O3. The standard InChI is InChI=1S/C15H22O3/c1-8-9(2)14(18-11(4)16)12(15(5,6)7)10(3)13(8)17/h17H,1-7H3. The summed E-state index contributed by atoms with van der Waals surface area (Å²) in [5.41, 5.74) is 3.04. The first-order valence-corrected chi connectivity index (χ1v) is 6.09. The summed E-state index contributed by atoms with van der Waals surface area (Å²) in [7, 11) is 0. The molecule has 0 aliphatic carbocycles. The van der Waals surface area contributed by atoms with Crippen LogP contribution in [0.25, 0.3) is 0 Å². The zero-order chi connectivity index (χ0) is 14.2. The highest BCUT2D eigenvalue weighted by Gasteiger charge is 2.27. The summed E-state index contributed by atoms with van der Waals surface area (Å²) in [5.74, 6) is 0.532. The van der Waals surface area contributed by atoms with Crippen LogP contribution in [-0.4, -0.2) is 11.1 Å². The van der Waals surface area contributed by atoms with Gasteiger partial charge < -0.3 is 9.84 Å². The van der Waals surface area contributed by atoms with Crippen LogP contribution in [0.1, 0.15) is 49.9 Å². The first kappa shape index (κ1) is 14.6. The van der Waals surface area contributed by atoms with E-state index in [1.54, 1.807) is 0 Å². The number of carbonyl (C=O) groups is 1. The number of benzene rings is 1. The molecule has 0 heterocycles. The van der Waals surface area contributed by atoms with E-state index < -0.39 is 0 Å². The van der Waals surface area contributed by atoms with Crippen molar-refractivity contribution < 1.29 is 14.6 Å². The summed E-state index contributed by atoms with van der Waals surface area (Å²) in [5, 5.41) is 10.1. The smallest absolute Gasteiger partial charge is 0.308 e. The number of rotatable bonds is 1. The van der Waals surface area contributed by atoms with Crippen LogP contribution in [0.5, 0.6) is 11.5 Å². The summed E-state index contributed by atoms with van der Waals surface area (Å²) >= 11 is 0. The maximum Gasteiger partial charge on any atom is 0.308 e.